The number of aliphatic hydroxyl groups is 1. The van der Waals surface area contributed by atoms with Crippen LogP contribution in [0.15, 0.2) is 24.5 Å². The van der Waals surface area contributed by atoms with Crippen molar-refractivity contribution in [2.75, 3.05) is 5.32 Å². The highest BCUT2D eigenvalue weighted by Gasteiger charge is 2.37. The van der Waals surface area contributed by atoms with Gasteiger partial charge in [0.1, 0.15) is 11.3 Å². The number of nitrogens with zero attached hydrogens (tertiary/aromatic N) is 3. The highest BCUT2D eigenvalue weighted by Crippen LogP contribution is 2.41. The molecule has 2 aromatic rings. The second kappa shape index (κ2) is 7.43. The fraction of sp³-hybridized carbons (Fsp3) is 0.500. The molecule has 2 aliphatic carbocycles. The first-order chi connectivity index (χ1) is 13.4. The van der Waals surface area contributed by atoms with Gasteiger partial charge >= 0.3 is 5.97 Å². The lowest BCUT2D eigenvalue weighted by molar-refractivity contribution is -0.142. The Morgan fingerprint density at radius 1 is 1.21 bits per heavy atom. The zero-order valence-electron chi connectivity index (χ0n) is 15.4. The normalized spacial score (nSPS) is 23.6. The Kier molecular flexibility index (Phi) is 4.97. The second-order valence-corrected chi connectivity index (χ2v) is 7.74. The number of rotatable bonds is 5. The van der Waals surface area contributed by atoms with Gasteiger partial charge in [0, 0.05) is 17.8 Å². The van der Waals surface area contributed by atoms with Crippen molar-refractivity contribution in [2.24, 2.45) is 5.92 Å². The van der Waals surface area contributed by atoms with Gasteiger partial charge < -0.3 is 15.5 Å². The Morgan fingerprint density at radius 3 is 2.61 bits per heavy atom. The highest BCUT2D eigenvalue weighted by atomic mass is 19.1. The van der Waals surface area contributed by atoms with Gasteiger partial charge in [0.05, 0.1) is 17.8 Å². The van der Waals surface area contributed by atoms with E-state index in [0.29, 0.717) is 55.7 Å². The quantitative estimate of drug-likeness (QED) is 0.724. The van der Waals surface area contributed by atoms with Gasteiger partial charge in [-0.05, 0) is 57.1 Å². The number of hydrogen-bond acceptors (Lipinski definition) is 6. The number of anilines is 1. The van der Waals surface area contributed by atoms with Gasteiger partial charge in [-0.3, -0.25) is 9.78 Å². The van der Waals surface area contributed by atoms with Crippen LogP contribution in [0.3, 0.4) is 0 Å². The van der Waals surface area contributed by atoms with Crippen LogP contribution >= 0.6 is 0 Å². The average Bonchev–Trinajstić information content (AvgIpc) is 2.68. The third-order valence-electron chi connectivity index (χ3n) is 5.84. The third kappa shape index (κ3) is 3.69. The number of carboxylic acid groups (broad SMARTS) is 1. The Morgan fingerprint density at radius 2 is 1.96 bits per heavy atom. The standard InChI is InChI=1S/C20H23FN4O3/c21-15-11-23-19(24-14-4-2-12(3-5-14)18(26)27)25-17(15)13-6-9-22-16(10-13)20(28)7-1-8-20/h6,9-12,14,28H,1-5,7-8H2,(H,26,27)(H,23,24,25)/t12-,14-. The minimum atomic E-state index is -0.927. The summed E-state index contributed by atoms with van der Waals surface area (Å²) in [6.07, 6.45) is 7.57. The summed E-state index contributed by atoms with van der Waals surface area (Å²) < 4.78 is 14.4. The van der Waals surface area contributed by atoms with Gasteiger partial charge in [0.2, 0.25) is 5.95 Å². The molecule has 2 heterocycles. The van der Waals surface area contributed by atoms with Crippen molar-refractivity contribution < 1.29 is 19.4 Å². The van der Waals surface area contributed by atoms with E-state index in [2.05, 4.69) is 20.3 Å². The molecule has 0 saturated heterocycles. The van der Waals surface area contributed by atoms with E-state index in [1.54, 1.807) is 18.3 Å². The lowest BCUT2D eigenvalue weighted by Crippen LogP contribution is -2.34. The van der Waals surface area contributed by atoms with E-state index in [1.165, 1.54) is 0 Å². The molecule has 0 bridgehead atoms. The largest absolute Gasteiger partial charge is 0.481 e. The van der Waals surface area contributed by atoms with E-state index in [9.17, 15) is 14.3 Å². The minimum absolute atomic E-state index is 0.0672. The second-order valence-electron chi connectivity index (χ2n) is 7.74. The molecular formula is C20H23FN4O3. The molecule has 0 aliphatic heterocycles. The molecule has 0 atom stereocenters. The van der Waals surface area contributed by atoms with Crippen molar-refractivity contribution in [1.82, 2.24) is 15.0 Å². The molecule has 2 saturated carbocycles. The maximum atomic E-state index is 14.4. The summed E-state index contributed by atoms with van der Waals surface area (Å²) in [5.74, 6) is -1.27. The molecule has 7 nitrogen and oxygen atoms in total. The lowest BCUT2D eigenvalue weighted by atomic mass is 9.77. The van der Waals surface area contributed by atoms with Crippen molar-refractivity contribution in [3.8, 4) is 11.3 Å². The van der Waals surface area contributed by atoms with Gasteiger partial charge in [-0.25, -0.2) is 14.4 Å². The van der Waals surface area contributed by atoms with E-state index in [0.717, 1.165) is 12.6 Å². The first-order valence-corrected chi connectivity index (χ1v) is 9.66. The van der Waals surface area contributed by atoms with Crippen molar-refractivity contribution in [3.05, 3.63) is 36.0 Å². The Bertz CT molecular complexity index is 880. The van der Waals surface area contributed by atoms with Gasteiger partial charge in [0.15, 0.2) is 5.82 Å². The first kappa shape index (κ1) is 18.7. The van der Waals surface area contributed by atoms with Gasteiger partial charge in [-0.1, -0.05) is 0 Å². The number of aromatic nitrogens is 3. The van der Waals surface area contributed by atoms with Crippen molar-refractivity contribution >= 4 is 11.9 Å². The van der Waals surface area contributed by atoms with Crippen LogP contribution in [0.4, 0.5) is 10.3 Å². The van der Waals surface area contributed by atoms with Crippen LogP contribution in [0.5, 0.6) is 0 Å². The fourth-order valence-corrected chi connectivity index (χ4v) is 3.91. The zero-order valence-corrected chi connectivity index (χ0v) is 15.4. The monoisotopic (exact) mass is 386 g/mol. The van der Waals surface area contributed by atoms with Gasteiger partial charge in [0.25, 0.3) is 0 Å². The van der Waals surface area contributed by atoms with Gasteiger partial charge in [-0.15, -0.1) is 0 Å². The molecule has 2 fully saturated rings. The summed E-state index contributed by atoms with van der Waals surface area (Å²) in [7, 11) is 0. The minimum Gasteiger partial charge on any atom is -0.481 e. The number of halogens is 1. The van der Waals surface area contributed by atoms with E-state index >= 15 is 0 Å². The first-order valence-electron chi connectivity index (χ1n) is 9.66. The topological polar surface area (TPSA) is 108 Å². The molecule has 0 radical (unpaired) electrons. The van der Waals surface area contributed by atoms with Crippen LogP contribution in [0.2, 0.25) is 0 Å². The molecule has 0 spiro atoms. The SMILES string of the molecule is O=C(O)[C@H]1CC[C@H](Nc2ncc(F)c(-c3ccnc(C4(O)CCC4)c3)n2)CC1. The predicted molar refractivity (Wildman–Crippen MR) is 100.0 cm³/mol. The molecular weight excluding hydrogens is 363 g/mol. The molecule has 2 aliphatic rings. The number of carboxylic acids is 1. The summed E-state index contributed by atoms with van der Waals surface area (Å²) in [6, 6.07) is 3.42. The Labute approximate surface area is 162 Å². The summed E-state index contributed by atoms with van der Waals surface area (Å²) in [6.45, 7) is 0. The smallest absolute Gasteiger partial charge is 0.306 e. The molecule has 2 aromatic heterocycles. The van der Waals surface area contributed by atoms with Crippen LogP contribution in [0.1, 0.15) is 50.6 Å². The summed E-state index contributed by atoms with van der Waals surface area (Å²) >= 11 is 0. The Balaban J connectivity index is 1.52. The zero-order chi connectivity index (χ0) is 19.7. The molecule has 28 heavy (non-hydrogen) atoms. The van der Waals surface area contributed by atoms with Crippen molar-refractivity contribution in [3.63, 3.8) is 0 Å². The van der Waals surface area contributed by atoms with E-state index in [-0.39, 0.29) is 17.7 Å². The summed E-state index contributed by atoms with van der Waals surface area (Å²) in [4.78, 5) is 23.7. The van der Waals surface area contributed by atoms with E-state index in [1.807, 2.05) is 0 Å². The van der Waals surface area contributed by atoms with Crippen molar-refractivity contribution in [2.45, 2.75) is 56.6 Å². The average molecular weight is 386 g/mol. The van der Waals surface area contributed by atoms with Crippen LogP contribution in [0.25, 0.3) is 11.3 Å². The van der Waals surface area contributed by atoms with Gasteiger partial charge in [-0.2, -0.15) is 0 Å². The maximum absolute atomic E-state index is 14.4. The molecule has 4 rings (SSSR count). The fourth-order valence-electron chi connectivity index (χ4n) is 3.91. The van der Waals surface area contributed by atoms with Crippen molar-refractivity contribution in [1.29, 1.82) is 0 Å². The Hall–Kier alpha value is -2.61. The molecule has 0 unspecified atom stereocenters. The molecule has 148 valence electrons. The van der Waals surface area contributed by atoms with E-state index < -0.39 is 17.4 Å². The van der Waals surface area contributed by atoms with Crippen LogP contribution in [-0.4, -0.2) is 37.2 Å². The number of pyridine rings is 1. The molecule has 8 heteroatoms. The number of hydrogen-bond donors (Lipinski definition) is 3. The lowest BCUT2D eigenvalue weighted by Gasteiger charge is -2.36. The van der Waals surface area contributed by atoms with Crippen LogP contribution < -0.4 is 5.32 Å². The predicted octanol–water partition coefficient (Wildman–Crippen LogP) is 3.10. The maximum Gasteiger partial charge on any atom is 0.306 e. The summed E-state index contributed by atoms with van der Waals surface area (Å²) in [5, 5.41) is 22.8. The van der Waals surface area contributed by atoms with Crippen LogP contribution in [0, 0.1) is 11.7 Å². The molecule has 0 amide bonds. The number of nitrogens with one attached hydrogen (secondary N) is 1. The number of aliphatic carboxylic acids is 1. The third-order valence-corrected chi connectivity index (χ3v) is 5.84. The molecule has 0 aromatic carbocycles. The van der Waals surface area contributed by atoms with E-state index in [4.69, 9.17) is 5.11 Å². The number of carbonyl (C=O) groups is 1. The molecule has 3 N–H and O–H groups in total. The summed E-state index contributed by atoms with van der Waals surface area (Å²) in [5.41, 5.74) is 0.311. The highest BCUT2D eigenvalue weighted by molar-refractivity contribution is 5.70. The van der Waals surface area contributed by atoms with Crippen LogP contribution in [-0.2, 0) is 10.4 Å².